The number of likely N-dealkylation sites (tertiary alicyclic amines) is 1. The molecular formula is C18H26N2S. The van der Waals surface area contributed by atoms with Gasteiger partial charge in [0, 0.05) is 10.7 Å². The van der Waals surface area contributed by atoms with Gasteiger partial charge in [0.15, 0.2) is 0 Å². The molecule has 21 heavy (non-hydrogen) atoms. The third-order valence-corrected chi connectivity index (χ3v) is 5.79. The van der Waals surface area contributed by atoms with E-state index in [0.717, 1.165) is 19.0 Å². The first kappa shape index (κ1) is 15.0. The lowest BCUT2D eigenvalue weighted by atomic mass is 9.89. The SMILES string of the molecule is CCN1CCCCC(CNC)C1c1csc2ccccc12. The Labute approximate surface area is 132 Å². The summed E-state index contributed by atoms with van der Waals surface area (Å²) in [6, 6.07) is 9.46. The van der Waals surface area contributed by atoms with Crippen LogP contribution in [0.25, 0.3) is 10.1 Å². The van der Waals surface area contributed by atoms with Crippen LogP contribution in [-0.2, 0) is 0 Å². The summed E-state index contributed by atoms with van der Waals surface area (Å²) in [6.45, 7) is 5.81. The fourth-order valence-electron chi connectivity index (χ4n) is 3.83. The molecule has 1 fully saturated rings. The van der Waals surface area contributed by atoms with Crippen molar-refractivity contribution >= 4 is 21.4 Å². The second-order valence-corrected chi connectivity index (χ2v) is 6.99. The topological polar surface area (TPSA) is 15.3 Å². The minimum atomic E-state index is 0.570. The molecule has 2 nitrogen and oxygen atoms in total. The third-order valence-electron chi connectivity index (χ3n) is 4.81. The van der Waals surface area contributed by atoms with Gasteiger partial charge in [-0.1, -0.05) is 31.5 Å². The van der Waals surface area contributed by atoms with Crippen LogP contribution in [0.3, 0.4) is 0 Å². The van der Waals surface area contributed by atoms with E-state index in [4.69, 9.17) is 0 Å². The highest BCUT2D eigenvalue weighted by Gasteiger charge is 2.31. The average Bonchev–Trinajstić information content (AvgIpc) is 2.83. The van der Waals surface area contributed by atoms with Gasteiger partial charge in [0.2, 0.25) is 0 Å². The quantitative estimate of drug-likeness (QED) is 0.906. The van der Waals surface area contributed by atoms with Gasteiger partial charge < -0.3 is 5.32 Å². The van der Waals surface area contributed by atoms with Crippen LogP contribution in [0.1, 0.15) is 37.8 Å². The summed E-state index contributed by atoms with van der Waals surface area (Å²) in [4.78, 5) is 2.70. The van der Waals surface area contributed by atoms with Crippen LogP contribution < -0.4 is 5.32 Å². The number of nitrogens with one attached hydrogen (secondary N) is 1. The van der Waals surface area contributed by atoms with E-state index in [0.29, 0.717) is 6.04 Å². The highest BCUT2D eigenvalue weighted by atomic mass is 32.1. The van der Waals surface area contributed by atoms with Gasteiger partial charge in [0.05, 0.1) is 0 Å². The van der Waals surface area contributed by atoms with Gasteiger partial charge >= 0.3 is 0 Å². The second-order valence-electron chi connectivity index (χ2n) is 6.07. The van der Waals surface area contributed by atoms with E-state index >= 15 is 0 Å². The third kappa shape index (κ3) is 3.01. The van der Waals surface area contributed by atoms with Crippen LogP contribution >= 0.6 is 11.3 Å². The summed E-state index contributed by atoms with van der Waals surface area (Å²) in [7, 11) is 2.09. The van der Waals surface area contributed by atoms with E-state index in [1.54, 1.807) is 5.56 Å². The number of thiophene rings is 1. The Kier molecular flexibility index (Phi) is 4.94. The molecule has 2 unspecified atom stereocenters. The summed E-state index contributed by atoms with van der Waals surface area (Å²) in [6.07, 6.45) is 4.04. The number of hydrogen-bond donors (Lipinski definition) is 1. The maximum Gasteiger partial charge on any atom is 0.0402 e. The van der Waals surface area contributed by atoms with E-state index in [2.05, 4.69) is 53.8 Å². The van der Waals surface area contributed by atoms with Gasteiger partial charge in [-0.25, -0.2) is 0 Å². The van der Waals surface area contributed by atoms with Crippen LogP contribution in [0.5, 0.6) is 0 Å². The van der Waals surface area contributed by atoms with Gasteiger partial charge in [0.25, 0.3) is 0 Å². The van der Waals surface area contributed by atoms with Gasteiger partial charge in [0.1, 0.15) is 0 Å². The number of hydrogen-bond acceptors (Lipinski definition) is 3. The molecule has 1 saturated heterocycles. The molecule has 0 saturated carbocycles. The van der Waals surface area contributed by atoms with Crippen LogP contribution in [0.2, 0.25) is 0 Å². The lowest BCUT2D eigenvalue weighted by molar-refractivity contribution is 0.164. The van der Waals surface area contributed by atoms with Crippen LogP contribution in [0, 0.1) is 5.92 Å². The zero-order valence-electron chi connectivity index (χ0n) is 13.1. The summed E-state index contributed by atoms with van der Waals surface area (Å²) in [5.74, 6) is 0.718. The van der Waals surface area contributed by atoms with Crippen molar-refractivity contribution in [3.63, 3.8) is 0 Å². The van der Waals surface area contributed by atoms with Crippen molar-refractivity contribution in [3.05, 3.63) is 35.2 Å². The molecule has 1 aromatic carbocycles. The smallest absolute Gasteiger partial charge is 0.0402 e. The van der Waals surface area contributed by atoms with Crippen molar-refractivity contribution in [2.24, 2.45) is 5.92 Å². The van der Waals surface area contributed by atoms with Gasteiger partial charge in [-0.05, 0) is 67.8 Å². The molecule has 0 bridgehead atoms. The first-order valence-corrected chi connectivity index (χ1v) is 9.08. The van der Waals surface area contributed by atoms with Crippen molar-refractivity contribution in [1.82, 2.24) is 10.2 Å². The molecule has 0 aliphatic carbocycles. The molecular weight excluding hydrogens is 276 g/mol. The number of rotatable bonds is 4. The molecule has 3 rings (SSSR count). The zero-order chi connectivity index (χ0) is 14.7. The van der Waals surface area contributed by atoms with Gasteiger partial charge in [-0.2, -0.15) is 0 Å². The molecule has 1 aliphatic heterocycles. The molecule has 2 aromatic rings. The van der Waals surface area contributed by atoms with E-state index in [9.17, 15) is 0 Å². The van der Waals surface area contributed by atoms with Crippen molar-refractivity contribution < 1.29 is 0 Å². The zero-order valence-corrected chi connectivity index (χ0v) is 14.0. The van der Waals surface area contributed by atoms with Crippen LogP contribution in [-0.4, -0.2) is 31.6 Å². The summed E-state index contributed by atoms with van der Waals surface area (Å²) >= 11 is 1.90. The molecule has 0 radical (unpaired) electrons. The molecule has 1 aromatic heterocycles. The molecule has 1 N–H and O–H groups in total. The standard InChI is InChI=1S/C18H26N2S/c1-3-20-11-7-6-8-14(12-19-2)18(20)16-13-21-17-10-5-4-9-15(16)17/h4-5,9-10,13-14,18-19H,3,6-8,11-12H2,1-2H3. The Morgan fingerprint density at radius 2 is 2.14 bits per heavy atom. The summed E-state index contributed by atoms with van der Waals surface area (Å²) in [5.41, 5.74) is 1.56. The maximum absolute atomic E-state index is 3.43. The first-order valence-electron chi connectivity index (χ1n) is 8.20. The van der Waals surface area contributed by atoms with Gasteiger partial charge in [-0.3, -0.25) is 4.90 Å². The minimum Gasteiger partial charge on any atom is -0.319 e. The molecule has 0 spiro atoms. The van der Waals surface area contributed by atoms with Crippen LogP contribution in [0.15, 0.2) is 29.6 Å². The summed E-state index contributed by atoms with van der Waals surface area (Å²) < 4.78 is 1.43. The lowest BCUT2D eigenvalue weighted by Crippen LogP contribution is -2.36. The average molecular weight is 302 g/mol. The fraction of sp³-hybridized carbons (Fsp3) is 0.556. The Morgan fingerprint density at radius 3 is 2.95 bits per heavy atom. The van der Waals surface area contributed by atoms with Gasteiger partial charge in [-0.15, -0.1) is 11.3 Å². The Morgan fingerprint density at radius 1 is 1.29 bits per heavy atom. The normalized spacial score (nSPS) is 24.3. The molecule has 3 heteroatoms. The number of benzene rings is 1. The van der Waals surface area contributed by atoms with Crippen LogP contribution in [0.4, 0.5) is 0 Å². The van der Waals surface area contributed by atoms with Crippen molar-refractivity contribution in [2.75, 3.05) is 26.7 Å². The molecule has 2 heterocycles. The predicted molar refractivity (Wildman–Crippen MR) is 93.1 cm³/mol. The molecule has 1 aliphatic rings. The fourth-order valence-corrected chi connectivity index (χ4v) is 4.82. The maximum atomic E-state index is 3.43. The second kappa shape index (κ2) is 6.91. The Hall–Kier alpha value is -0.900. The monoisotopic (exact) mass is 302 g/mol. The first-order chi connectivity index (χ1) is 10.3. The van der Waals surface area contributed by atoms with Crippen molar-refractivity contribution in [2.45, 2.75) is 32.2 Å². The lowest BCUT2D eigenvalue weighted by Gasteiger charge is -2.34. The van der Waals surface area contributed by atoms with E-state index < -0.39 is 0 Å². The molecule has 114 valence electrons. The minimum absolute atomic E-state index is 0.570. The number of nitrogens with zero attached hydrogens (tertiary/aromatic N) is 1. The molecule has 0 amide bonds. The summed E-state index contributed by atoms with van der Waals surface area (Å²) in [5, 5.41) is 7.30. The van der Waals surface area contributed by atoms with Crippen molar-refractivity contribution in [1.29, 1.82) is 0 Å². The number of fused-ring (bicyclic) bond motifs is 1. The Bertz CT molecular complexity index is 577. The van der Waals surface area contributed by atoms with E-state index in [1.165, 1.54) is 35.9 Å². The highest BCUT2D eigenvalue weighted by molar-refractivity contribution is 7.17. The van der Waals surface area contributed by atoms with E-state index in [1.807, 2.05) is 11.3 Å². The molecule has 2 atom stereocenters. The Balaban J connectivity index is 2.03. The highest BCUT2D eigenvalue weighted by Crippen LogP contribution is 2.40. The largest absolute Gasteiger partial charge is 0.319 e. The van der Waals surface area contributed by atoms with Crippen molar-refractivity contribution in [3.8, 4) is 0 Å². The van der Waals surface area contributed by atoms with E-state index in [-0.39, 0.29) is 0 Å². The predicted octanol–water partition coefficient (Wildman–Crippen LogP) is 4.28.